The molecular weight excluding hydrogens is 253 g/mol. The number of rotatable bonds is 3. The topological polar surface area (TPSA) is 30.0 Å². The Morgan fingerprint density at radius 3 is 2.83 bits per heavy atom. The lowest BCUT2D eigenvalue weighted by Crippen LogP contribution is -2.05. The van der Waals surface area contributed by atoms with Gasteiger partial charge in [0.1, 0.15) is 11.0 Å². The molecule has 0 N–H and O–H groups in total. The predicted octanol–water partition coefficient (Wildman–Crippen LogP) is 3.61. The molecule has 0 saturated heterocycles. The molecule has 2 rings (SSSR count). The maximum Gasteiger partial charge on any atom is 0.167 e. The van der Waals surface area contributed by atoms with Gasteiger partial charge in [0, 0.05) is 18.2 Å². The first-order valence-corrected chi connectivity index (χ1v) is 5.84. The zero-order valence-electron chi connectivity index (χ0n) is 9.78. The van der Waals surface area contributed by atoms with E-state index in [0.29, 0.717) is 11.1 Å². The number of pyridine rings is 1. The van der Waals surface area contributed by atoms with Gasteiger partial charge >= 0.3 is 0 Å². The number of carbonyl (C=O) groups excluding carboxylic acids is 1. The van der Waals surface area contributed by atoms with Gasteiger partial charge in [-0.25, -0.2) is 9.37 Å². The second-order valence-electron chi connectivity index (χ2n) is 4.04. The number of benzene rings is 1. The smallest absolute Gasteiger partial charge is 0.167 e. The van der Waals surface area contributed by atoms with Gasteiger partial charge in [-0.15, -0.1) is 0 Å². The third-order valence-corrected chi connectivity index (χ3v) is 2.92. The van der Waals surface area contributed by atoms with Gasteiger partial charge in [0.05, 0.1) is 0 Å². The highest BCUT2D eigenvalue weighted by Gasteiger charge is 2.10. The molecule has 4 heteroatoms. The summed E-state index contributed by atoms with van der Waals surface area (Å²) >= 11 is 5.73. The molecule has 0 atom stereocenters. The van der Waals surface area contributed by atoms with Crippen LogP contribution >= 0.6 is 11.6 Å². The van der Waals surface area contributed by atoms with Gasteiger partial charge in [-0.3, -0.25) is 4.79 Å². The molecule has 2 nitrogen and oxygen atoms in total. The van der Waals surface area contributed by atoms with Crippen LogP contribution in [0, 0.1) is 12.7 Å². The van der Waals surface area contributed by atoms with Gasteiger partial charge < -0.3 is 0 Å². The zero-order valence-corrected chi connectivity index (χ0v) is 10.5. The average molecular weight is 264 g/mol. The van der Waals surface area contributed by atoms with E-state index in [4.69, 9.17) is 11.6 Å². The number of nitrogens with zero attached hydrogens (tertiary/aromatic N) is 1. The minimum absolute atomic E-state index is 0.104. The van der Waals surface area contributed by atoms with Crippen molar-refractivity contribution in [2.45, 2.75) is 13.3 Å². The minimum Gasteiger partial charge on any atom is -0.294 e. The van der Waals surface area contributed by atoms with Gasteiger partial charge in [0.2, 0.25) is 0 Å². The van der Waals surface area contributed by atoms with Crippen molar-refractivity contribution in [2.75, 3.05) is 0 Å². The Bertz CT molecular complexity index is 598. The Kier molecular flexibility index (Phi) is 3.72. The summed E-state index contributed by atoms with van der Waals surface area (Å²) in [4.78, 5) is 15.8. The number of hydrogen-bond donors (Lipinski definition) is 0. The van der Waals surface area contributed by atoms with Crippen molar-refractivity contribution in [1.29, 1.82) is 0 Å². The first-order valence-electron chi connectivity index (χ1n) is 5.46. The Balaban J connectivity index is 2.24. The van der Waals surface area contributed by atoms with E-state index in [2.05, 4.69) is 4.98 Å². The Morgan fingerprint density at radius 2 is 2.11 bits per heavy atom. The molecule has 0 fully saturated rings. The van der Waals surface area contributed by atoms with Crippen molar-refractivity contribution in [2.24, 2.45) is 0 Å². The molecule has 0 aliphatic heterocycles. The van der Waals surface area contributed by atoms with Crippen LogP contribution in [0.1, 0.15) is 21.5 Å². The number of aryl methyl sites for hydroxylation is 1. The molecule has 0 spiro atoms. The van der Waals surface area contributed by atoms with Crippen molar-refractivity contribution in [3.63, 3.8) is 0 Å². The molecule has 1 aromatic carbocycles. The first kappa shape index (κ1) is 12.7. The van der Waals surface area contributed by atoms with Crippen LogP contribution in [0.5, 0.6) is 0 Å². The number of halogens is 2. The van der Waals surface area contributed by atoms with E-state index >= 15 is 0 Å². The summed E-state index contributed by atoms with van der Waals surface area (Å²) in [6, 6.07) is 7.54. The monoisotopic (exact) mass is 263 g/mol. The Morgan fingerprint density at radius 1 is 1.33 bits per heavy atom. The number of Topliss-reactive ketones (excluding diaryl/α,β-unsaturated/α-hetero) is 1. The van der Waals surface area contributed by atoms with Crippen LogP contribution in [0.25, 0.3) is 0 Å². The molecule has 0 bridgehead atoms. The summed E-state index contributed by atoms with van der Waals surface area (Å²) < 4.78 is 13.1. The molecule has 0 aliphatic carbocycles. The van der Waals surface area contributed by atoms with Gasteiger partial charge in [-0.05, 0) is 42.3 Å². The van der Waals surface area contributed by atoms with Gasteiger partial charge in [0.25, 0.3) is 0 Å². The molecule has 0 radical (unpaired) electrons. The molecular formula is C14H11ClFNO. The maximum absolute atomic E-state index is 13.1. The van der Waals surface area contributed by atoms with E-state index in [1.807, 2.05) is 6.92 Å². The minimum atomic E-state index is -0.337. The third-order valence-electron chi connectivity index (χ3n) is 2.71. The van der Waals surface area contributed by atoms with Crippen molar-refractivity contribution < 1.29 is 9.18 Å². The summed E-state index contributed by atoms with van der Waals surface area (Å²) in [6.07, 6.45) is 1.64. The largest absolute Gasteiger partial charge is 0.294 e. The lowest BCUT2D eigenvalue weighted by molar-refractivity contribution is 0.0992. The van der Waals surface area contributed by atoms with Crippen molar-refractivity contribution >= 4 is 17.4 Å². The molecule has 1 heterocycles. The number of aromatic nitrogens is 1. The summed E-state index contributed by atoms with van der Waals surface area (Å²) in [5.74, 6) is -0.441. The van der Waals surface area contributed by atoms with E-state index in [9.17, 15) is 9.18 Å². The van der Waals surface area contributed by atoms with Crippen LogP contribution in [0.4, 0.5) is 4.39 Å². The van der Waals surface area contributed by atoms with E-state index in [0.717, 1.165) is 5.56 Å². The molecule has 0 unspecified atom stereocenters. The highest BCUT2D eigenvalue weighted by molar-refractivity contribution is 6.29. The summed E-state index contributed by atoms with van der Waals surface area (Å²) in [5, 5.41) is 0.275. The van der Waals surface area contributed by atoms with Gasteiger partial charge in [-0.2, -0.15) is 0 Å². The maximum atomic E-state index is 13.1. The van der Waals surface area contributed by atoms with E-state index in [1.165, 1.54) is 24.4 Å². The van der Waals surface area contributed by atoms with E-state index < -0.39 is 0 Å². The fourth-order valence-electron chi connectivity index (χ4n) is 1.68. The highest BCUT2D eigenvalue weighted by Crippen LogP contribution is 2.15. The van der Waals surface area contributed by atoms with Gasteiger partial charge in [0.15, 0.2) is 5.78 Å². The summed E-state index contributed by atoms with van der Waals surface area (Å²) in [5.41, 5.74) is 2.07. The van der Waals surface area contributed by atoms with Crippen LogP contribution in [-0.2, 0) is 6.42 Å². The van der Waals surface area contributed by atoms with E-state index in [1.54, 1.807) is 12.1 Å². The van der Waals surface area contributed by atoms with Crippen LogP contribution in [-0.4, -0.2) is 10.8 Å². The van der Waals surface area contributed by atoms with Crippen LogP contribution < -0.4 is 0 Å². The van der Waals surface area contributed by atoms with Crippen LogP contribution in [0.3, 0.4) is 0 Å². The SMILES string of the molecule is Cc1ccc(F)cc1CC(=O)c1ccnc(Cl)c1. The normalized spacial score (nSPS) is 10.4. The van der Waals surface area contributed by atoms with Crippen LogP contribution in [0.2, 0.25) is 5.15 Å². The summed E-state index contributed by atoms with van der Waals surface area (Å²) in [6.45, 7) is 1.85. The molecule has 1 aromatic heterocycles. The molecule has 92 valence electrons. The predicted molar refractivity (Wildman–Crippen MR) is 68.4 cm³/mol. The molecule has 2 aromatic rings. The first-order chi connectivity index (χ1) is 8.56. The lowest BCUT2D eigenvalue weighted by Gasteiger charge is -2.05. The molecule has 0 aliphatic rings. The lowest BCUT2D eigenvalue weighted by atomic mass is 10.00. The fraction of sp³-hybridized carbons (Fsp3) is 0.143. The third kappa shape index (κ3) is 2.93. The quantitative estimate of drug-likeness (QED) is 0.625. The number of hydrogen-bond acceptors (Lipinski definition) is 2. The molecule has 0 amide bonds. The van der Waals surface area contributed by atoms with Crippen molar-refractivity contribution in [1.82, 2.24) is 4.98 Å². The zero-order chi connectivity index (χ0) is 13.1. The number of carbonyl (C=O) groups is 1. The van der Waals surface area contributed by atoms with Gasteiger partial charge in [-0.1, -0.05) is 17.7 Å². The fourth-order valence-corrected chi connectivity index (χ4v) is 1.86. The molecule has 18 heavy (non-hydrogen) atoms. The molecule has 0 saturated carbocycles. The Hall–Kier alpha value is -1.74. The highest BCUT2D eigenvalue weighted by atomic mass is 35.5. The number of ketones is 1. The second kappa shape index (κ2) is 5.27. The summed E-state index contributed by atoms with van der Waals surface area (Å²) in [7, 11) is 0. The van der Waals surface area contributed by atoms with E-state index in [-0.39, 0.29) is 23.2 Å². The van der Waals surface area contributed by atoms with Crippen LogP contribution in [0.15, 0.2) is 36.5 Å². The second-order valence-corrected chi connectivity index (χ2v) is 4.43. The standard InChI is InChI=1S/C14H11ClFNO/c1-9-2-3-12(16)6-11(9)7-13(18)10-4-5-17-14(15)8-10/h2-6,8H,7H2,1H3. The Labute approximate surface area is 109 Å². The average Bonchev–Trinajstić information content (AvgIpc) is 2.34. The van der Waals surface area contributed by atoms with Crippen molar-refractivity contribution in [3.05, 3.63) is 64.2 Å². The van der Waals surface area contributed by atoms with Crippen molar-refractivity contribution in [3.8, 4) is 0 Å².